The number of carbonyl (C=O) groups is 1. The number of hydrogen-bond donors (Lipinski definition) is 1. The van der Waals surface area contributed by atoms with Crippen LogP contribution in [0.25, 0.3) is 0 Å². The quantitative estimate of drug-likeness (QED) is 0.875. The van der Waals surface area contributed by atoms with Crippen molar-refractivity contribution in [2.75, 3.05) is 5.32 Å². The first-order valence-electron chi connectivity index (χ1n) is 9.88. The summed E-state index contributed by atoms with van der Waals surface area (Å²) >= 11 is 1.58. The largest absolute Gasteiger partial charge is 0.318 e. The lowest BCUT2D eigenvalue weighted by Crippen LogP contribution is -2.49. The van der Waals surface area contributed by atoms with Crippen molar-refractivity contribution in [3.8, 4) is 0 Å². The van der Waals surface area contributed by atoms with E-state index in [-0.39, 0.29) is 16.9 Å². The Morgan fingerprint density at radius 2 is 1.81 bits per heavy atom. The summed E-state index contributed by atoms with van der Waals surface area (Å²) in [5.41, 5.74) is 1.83. The molecule has 2 aromatic heterocycles. The average molecular weight is 384 g/mol. The van der Waals surface area contributed by atoms with E-state index in [4.69, 9.17) is 4.98 Å². The highest BCUT2D eigenvalue weighted by Crippen LogP contribution is 2.61. The number of carbonyl (C=O) groups excluding carboxylic acids is 1. The third-order valence-electron chi connectivity index (χ3n) is 6.91. The van der Waals surface area contributed by atoms with Gasteiger partial charge in [0.25, 0.3) is 5.91 Å². The van der Waals surface area contributed by atoms with Crippen molar-refractivity contribution >= 4 is 22.4 Å². The van der Waals surface area contributed by atoms with Crippen molar-refractivity contribution in [1.82, 2.24) is 9.55 Å². The predicted molar refractivity (Wildman–Crippen MR) is 106 cm³/mol. The van der Waals surface area contributed by atoms with Gasteiger partial charge >= 0.3 is 0 Å². The van der Waals surface area contributed by atoms with Crippen molar-refractivity contribution in [2.24, 2.45) is 24.8 Å². The third kappa shape index (κ3) is 2.85. The number of hydrogen-bond acceptors (Lipinski definition) is 4. The van der Waals surface area contributed by atoms with Gasteiger partial charge in [0, 0.05) is 29.6 Å². The molecule has 4 saturated carbocycles. The summed E-state index contributed by atoms with van der Waals surface area (Å²) in [4.78, 5) is 30.3. The molecule has 0 spiro atoms. The van der Waals surface area contributed by atoms with Crippen LogP contribution in [0.1, 0.15) is 59.5 Å². The number of rotatable bonds is 3. The number of aryl methyl sites for hydroxylation is 2. The highest BCUT2D eigenvalue weighted by molar-refractivity contribution is 7.15. The normalized spacial score (nSPS) is 31.3. The van der Waals surface area contributed by atoms with Crippen LogP contribution in [0.3, 0.4) is 0 Å². The summed E-state index contributed by atoms with van der Waals surface area (Å²) in [6.45, 7) is 2.15. The molecule has 0 atom stereocenters. The summed E-state index contributed by atoms with van der Waals surface area (Å²) < 4.78 is 1.42. The van der Waals surface area contributed by atoms with Crippen LogP contribution in [0.2, 0.25) is 0 Å². The number of amides is 1. The van der Waals surface area contributed by atoms with Crippen molar-refractivity contribution in [1.29, 1.82) is 0 Å². The van der Waals surface area contributed by atoms with E-state index < -0.39 is 0 Å². The Bertz CT molecular complexity index is 939. The van der Waals surface area contributed by atoms with Gasteiger partial charge in [-0.05, 0) is 69.3 Å². The van der Waals surface area contributed by atoms with Crippen LogP contribution in [0.5, 0.6) is 0 Å². The molecule has 2 aromatic rings. The van der Waals surface area contributed by atoms with Crippen molar-refractivity contribution in [3.63, 3.8) is 0 Å². The summed E-state index contributed by atoms with van der Waals surface area (Å²) in [5, 5.41) is 3.63. The second-order valence-electron chi connectivity index (χ2n) is 8.94. The predicted octanol–water partition coefficient (Wildman–Crippen LogP) is 3.87. The van der Waals surface area contributed by atoms with E-state index in [1.807, 2.05) is 0 Å². The van der Waals surface area contributed by atoms with Crippen LogP contribution < -0.4 is 10.9 Å². The number of aromatic nitrogens is 2. The molecule has 1 N–H and O–H groups in total. The highest BCUT2D eigenvalue weighted by Gasteiger charge is 2.53. The Labute approximate surface area is 162 Å². The Balaban J connectivity index is 1.41. The number of pyridine rings is 1. The molecule has 4 aliphatic carbocycles. The van der Waals surface area contributed by atoms with Gasteiger partial charge < -0.3 is 4.57 Å². The van der Waals surface area contributed by atoms with Crippen LogP contribution in [0, 0.1) is 24.7 Å². The first-order chi connectivity index (χ1) is 12.9. The summed E-state index contributed by atoms with van der Waals surface area (Å²) in [6, 6.07) is 2.99. The number of nitrogens with zero attached hydrogens (tertiary/aromatic N) is 2. The average Bonchev–Trinajstić information content (AvgIpc) is 2.97. The minimum absolute atomic E-state index is 0.124. The van der Waals surface area contributed by atoms with Gasteiger partial charge in [0.2, 0.25) is 5.56 Å². The maximum Gasteiger partial charge on any atom is 0.258 e. The molecule has 0 radical (unpaired) electrons. The monoisotopic (exact) mass is 383 g/mol. The SMILES string of the molecule is Cc1sc(NC(=O)c2ccc(=O)n(C)c2)nc1C12CC3CC(CC(C3)C1)C2. The fourth-order valence-electron chi connectivity index (χ4n) is 6.24. The molecule has 6 heteroatoms. The van der Waals surface area contributed by atoms with Crippen molar-refractivity contribution < 1.29 is 4.79 Å². The van der Waals surface area contributed by atoms with Crippen molar-refractivity contribution in [2.45, 2.75) is 50.9 Å². The molecule has 4 bridgehead atoms. The Kier molecular flexibility index (Phi) is 3.83. The molecule has 1 amide bonds. The molecule has 0 aromatic carbocycles. The molecule has 0 aliphatic heterocycles. The Morgan fingerprint density at radius 3 is 2.41 bits per heavy atom. The van der Waals surface area contributed by atoms with Gasteiger partial charge in [-0.25, -0.2) is 4.98 Å². The maximum atomic E-state index is 12.6. The van der Waals surface area contributed by atoms with Crippen LogP contribution in [-0.4, -0.2) is 15.5 Å². The Hall–Kier alpha value is -1.95. The fourth-order valence-corrected chi connectivity index (χ4v) is 7.17. The smallest absolute Gasteiger partial charge is 0.258 e. The van der Waals surface area contributed by atoms with Gasteiger partial charge in [0.1, 0.15) is 0 Å². The van der Waals surface area contributed by atoms with E-state index in [0.717, 1.165) is 17.8 Å². The molecule has 5 nitrogen and oxygen atoms in total. The van der Waals surface area contributed by atoms with E-state index in [0.29, 0.717) is 10.7 Å². The molecular formula is C21H25N3O2S. The summed E-state index contributed by atoms with van der Waals surface area (Å²) in [6.07, 6.45) is 9.64. The molecular weight excluding hydrogens is 358 g/mol. The third-order valence-corrected chi connectivity index (χ3v) is 7.79. The lowest BCUT2D eigenvalue weighted by Gasteiger charge is -2.56. The number of anilines is 1. The van der Waals surface area contributed by atoms with E-state index in [1.54, 1.807) is 30.6 Å². The molecule has 142 valence electrons. The van der Waals surface area contributed by atoms with E-state index in [2.05, 4.69) is 12.2 Å². The second kappa shape index (κ2) is 6.03. The zero-order chi connectivity index (χ0) is 18.8. The first-order valence-corrected chi connectivity index (χ1v) is 10.7. The van der Waals surface area contributed by atoms with Gasteiger partial charge in [-0.1, -0.05) is 0 Å². The summed E-state index contributed by atoms with van der Waals surface area (Å²) in [7, 11) is 1.65. The molecule has 4 aliphatic rings. The standard InChI is InChI=1S/C21H25N3O2S/c1-12-18(21-8-13-5-14(9-21)7-15(6-13)10-21)22-20(27-12)23-19(26)16-3-4-17(25)24(2)11-16/h3-4,11,13-15H,5-10H2,1-2H3,(H,22,23,26). The van der Waals surface area contributed by atoms with Crippen LogP contribution in [0.4, 0.5) is 5.13 Å². The zero-order valence-corrected chi connectivity index (χ0v) is 16.6. The van der Waals surface area contributed by atoms with Gasteiger partial charge in [-0.3, -0.25) is 14.9 Å². The van der Waals surface area contributed by atoms with Crippen molar-refractivity contribution in [3.05, 3.63) is 44.8 Å². The van der Waals surface area contributed by atoms with Crippen LogP contribution in [0.15, 0.2) is 23.1 Å². The Morgan fingerprint density at radius 1 is 1.19 bits per heavy atom. The van der Waals surface area contributed by atoms with Gasteiger partial charge in [0.15, 0.2) is 5.13 Å². The van der Waals surface area contributed by atoms with E-state index in [9.17, 15) is 9.59 Å². The fraction of sp³-hybridized carbons (Fsp3) is 0.571. The molecule has 0 unspecified atom stereocenters. The molecule has 2 heterocycles. The van der Waals surface area contributed by atoms with Crippen LogP contribution >= 0.6 is 11.3 Å². The minimum atomic E-state index is -0.212. The molecule has 27 heavy (non-hydrogen) atoms. The second-order valence-corrected chi connectivity index (χ2v) is 10.1. The highest BCUT2D eigenvalue weighted by atomic mass is 32.1. The van der Waals surface area contributed by atoms with E-state index in [1.165, 1.54) is 59.7 Å². The first kappa shape index (κ1) is 17.2. The molecule has 0 saturated heterocycles. The molecule has 4 fully saturated rings. The van der Waals surface area contributed by atoms with Crippen LogP contribution in [-0.2, 0) is 12.5 Å². The van der Waals surface area contributed by atoms with Gasteiger partial charge in [0.05, 0.1) is 11.3 Å². The lowest BCUT2D eigenvalue weighted by molar-refractivity contribution is -0.00715. The molecule has 6 rings (SSSR count). The number of nitrogens with one attached hydrogen (secondary N) is 1. The maximum absolute atomic E-state index is 12.6. The topological polar surface area (TPSA) is 64.0 Å². The van der Waals surface area contributed by atoms with Gasteiger partial charge in [-0.15, -0.1) is 11.3 Å². The van der Waals surface area contributed by atoms with Gasteiger partial charge in [-0.2, -0.15) is 0 Å². The van der Waals surface area contributed by atoms with E-state index >= 15 is 0 Å². The zero-order valence-electron chi connectivity index (χ0n) is 15.8. The summed E-state index contributed by atoms with van der Waals surface area (Å²) in [5.74, 6) is 2.42. The minimum Gasteiger partial charge on any atom is -0.318 e. The number of thiazole rings is 1. The lowest BCUT2D eigenvalue weighted by atomic mass is 9.48.